The van der Waals surface area contributed by atoms with Crippen molar-refractivity contribution in [3.05, 3.63) is 35.6 Å². The van der Waals surface area contributed by atoms with Gasteiger partial charge in [0.2, 0.25) is 5.76 Å². The van der Waals surface area contributed by atoms with Gasteiger partial charge >= 0.3 is 12.0 Å². The minimum absolute atomic E-state index is 0.0596. The number of esters is 1. The van der Waals surface area contributed by atoms with Crippen molar-refractivity contribution >= 4 is 28.9 Å². The van der Waals surface area contributed by atoms with Crippen LogP contribution in [0.1, 0.15) is 41.8 Å². The Morgan fingerprint density at radius 2 is 1.92 bits per heavy atom. The Labute approximate surface area is 144 Å². The van der Waals surface area contributed by atoms with E-state index in [0.717, 1.165) is 31.1 Å². The average Bonchev–Trinajstić information content (AvgIpc) is 3.21. The third-order valence-electron chi connectivity index (χ3n) is 4.31. The summed E-state index contributed by atoms with van der Waals surface area (Å²) in [5, 5.41) is 5.70. The van der Waals surface area contributed by atoms with Crippen LogP contribution in [-0.2, 0) is 9.53 Å². The summed E-state index contributed by atoms with van der Waals surface area (Å²) < 4.78 is 10.4. The Morgan fingerprint density at radius 3 is 2.64 bits per heavy atom. The van der Waals surface area contributed by atoms with Gasteiger partial charge in [-0.15, -0.1) is 0 Å². The molecule has 0 spiro atoms. The van der Waals surface area contributed by atoms with E-state index in [2.05, 4.69) is 10.6 Å². The number of benzene rings is 1. The van der Waals surface area contributed by atoms with Crippen LogP contribution in [0, 0.1) is 6.92 Å². The molecule has 1 aromatic heterocycles. The Balaban J connectivity index is 1.51. The SMILES string of the molecule is Cc1c(C(=O)OCC(=O)NC(=O)NC2CCCC2)oc2ccccc12. The molecule has 7 nitrogen and oxygen atoms in total. The number of carbonyl (C=O) groups excluding carboxylic acids is 3. The number of aryl methyl sites for hydroxylation is 1. The molecule has 7 heteroatoms. The van der Waals surface area contributed by atoms with Crippen molar-refractivity contribution in [2.24, 2.45) is 0 Å². The molecule has 3 rings (SSSR count). The summed E-state index contributed by atoms with van der Waals surface area (Å²) in [6.07, 6.45) is 3.99. The molecule has 1 saturated carbocycles. The number of furan rings is 1. The second kappa shape index (κ2) is 7.38. The molecular weight excluding hydrogens is 324 g/mol. The molecule has 1 fully saturated rings. The number of nitrogens with one attached hydrogen (secondary N) is 2. The number of hydrogen-bond acceptors (Lipinski definition) is 5. The van der Waals surface area contributed by atoms with E-state index in [1.165, 1.54) is 0 Å². The number of imide groups is 1. The van der Waals surface area contributed by atoms with Crippen LogP contribution in [0.15, 0.2) is 28.7 Å². The van der Waals surface area contributed by atoms with Gasteiger partial charge in [0.25, 0.3) is 5.91 Å². The van der Waals surface area contributed by atoms with Crippen LogP contribution in [0.5, 0.6) is 0 Å². The molecule has 1 heterocycles. The highest BCUT2D eigenvalue weighted by Crippen LogP contribution is 2.25. The van der Waals surface area contributed by atoms with Crippen molar-refractivity contribution in [2.75, 3.05) is 6.61 Å². The van der Waals surface area contributed by atoms with Gasteiger partial charge in [0.15, 0.2) is 6.61 Å². The lowest BCUT2D eigenvalue weighted by Gasteiger charge is -2.12. The molecule has 132 valence electrons. The van der Waals surface area contributed by atoms with E-state index >= 15 is 0 Å². The van der Waals surface area contributed by atoms with Crippen LogP contribution in [0.4, 0.5) is 4.79 Å². The fraction of sp³-hybridized carbons (Fsp3) is 0.389. The Morgan fingerprint density at radius 1 is 1.20 bits per heavy atom. The quantitative estimate of drug-likeness (QED) is 0.831. The first-order valence-electron chi connectivity index (χ1n) is 8.30. The van der Waals surface area contributed by atoms with Gasteiger partial charge in [-0.3, -0.25) is 10.1 Å². The standard InChI is InChI=1S/C18H20N2O5/c1-11-13-8-4-5-9-14(13)25-16(11)17(22)24-10-15(21)20-18(23)19-12-6-2-3-7-12/h4-5,8-9,12H,2-3,6-7,10H2,1H3,(H2,19,20,21,23). The summed E-state index contributed by atoms with van der Waals surface area (Å²) in [5.41, 5.74) is 1.23. The monoisotopic (exact) mass is 344 g/mol. The third-order valence-corrected chi connectivity index (χ3v) is 4.31. The van der Waals surface area contributed by atoms with Crippen LogP contribution in [0.25, 0.3) is 11.0 Å². The molecule has 2 aromatic rings. The molecule has 0 atom stereocenters. The molecule has 0 aliphatic heterocycles. The highest BCUT2D eigenvalue weighted by Gasteiger charge is 2.21. The predicted molar refractivity (Wildman–Crippen MR) is 90.2 cm³/mol. The van der Waals surface area contributed by atoms with Gasteiger partial charge in [-0.05, 0) is 25.8 Å². The molecule has 0 bridgehead atoms. The highest BCUT2D eigenvalue weighted by atomic mass is 16.5. The summed E-state index contributed by atoms with van der Waals surface area (Å²) in [7, 11) is 0. The zero-order valence-electron chi connectivity index (χ0n) is 14.0. The number of carbonyl (C=O) groups is 3. The smallest absolute Gasteiger partial charge is 0.375 e. The first kappa shape index (κ1) is 17.0. The largest absolute Gasteiger partial charge is 0.450 e. The molecule has 0 radical (unpaired) electrons. The number of urea groups is 1. The van der Waals surface area contributed by atoms with Crippen molar-refractivity contribution in [1.29, 1.82) is 0 Å². The highest BCUT2D eigenvalue weighted by molar-refractivity contribution is 5.98. The zero-order valence-corrected chi connectivity index (χ0v) is 14.0. The minimum atomic E-state index is -0.736. The van der Waals surface area contributed by atoms with Gasteiger partial charge in [-0.25, -0.2) is 9.59 Å². The first-order chi connectivity index (χ1) is 12.0. The second-order valence-corrected chi connectivity index (χ2v) is 6.13. The third kappa shape index (κ3) is 3.99. The van der Waals surface area contributed by atoms with Crippen LogP contribution in [-0.4, -0.2) is 30.6 Å². The summed E-state index contributed by atoms with van der Waals surface area (Å²) in [6.45, 7) is 1.20. The van der Waals surface area contributed by atoms with E-state index in [-0.39, 0.29) is 11.8 Å². The number of ether oxygens (including phenoxy) is 1. The molecule has 2 N–H and O–H groups in total. The van der Waals surface area contributed by atoms with Crippen molar-refractivity contribution in [3.63, 3.8) is 0 Å². The van der Waals surface area contributed by atoms with Gasteiger partial charge in [-0.1, -0.05) is 31.0 Å². The second-order valence-electron chi connectivity index (χ2n) is 6.13. The normalized spacial score (nSPS) is 14.4. The number of hydrogen-bond donors (Lipinski definition) is 2. The number of rotatable bonds is 4. The summed E-state index contributed by atoms with van der Waals surface area (Å²) in [4.78, 5) is 35.5. The summed E-state index contributed by atoms with van der Waals surface area (Å²) >= 11 is 0. The molecule has 3 amide bonds. The van der Waals surface area contributed by atoms with Crippen LogP contribution < -0.4 is 10.6 Å². The first-order valence-corrected chi connectivity index (χ1v) is 8.30. The number of amides is 3. The minimum Gasteiger partial charge on any atom is -0.450 e. The van der Waals surface area contributed by atoms with Crippen molar-refractivity contribution in [3.8, 4) is 0 Å². The molecule has 1 aliphatic carbocycles. The molecular formula is C18H20N2O5. The maximum atomic E-state index is 12.1. The summed E-state index contributed by atoms with van der Waals surface area (Å²) in [6, 6.07) is 6.78. The Hall–Kier alpha value is -2.83. The molecule has 1 aromatic carbocycles. The van der Waals surface area contributed by atoms with E-state index in [4.69, 9.17) is 9.15 Å². The number of para-hydroxylation sites is 1. The lowest BCUT2D eigenvalue weighted by molar-refractivity contribution is -0.123. The van der Waals surface area contributed by atoms with E-state index in [9.17, 15) is 14.4 Å². The van der Waals surface area contributed by atoms with E-state index in [1.54, 1.807) is 19.1 Å². The Kier molecular flexibility index (Phi) is 5.02. The topological polar surface area (TPSA) is 97.6 Å². The average molecular weight is 344 g/mol. The molecule has 0 saturated heterocycles. The van der Waals surface area contributed by atoms with Gasteiger partial charge in [0, 0.05) is 17.0 Å². The lowest BCUT2D eigenvalue weighted by atomic mass is 10.1. The fourth-order valence-corrected chi connectivity index (χ4v) is 3.02. The van der Waals surface area contributed by atoms with E-state index < -0.39 is 24.5 Å². The Bertz CT molecular complexity index is 805. The molecule has 1 aliphatic rings. The van der Waals surface area contributed by atoms with Crippen molar-refractivity contribution < 1.29 is 23.5 Å². The maximum Gasteiger partial charge on any atom is 0.375 e. The van der Waals surface area contributed by atoms with Gasteiger partial charge in [0.05, 0.1) is 0 Å². The van der Waals surface area contributed by atoms with Gasteiger partial charge in [-0.2, -0.15) is 0 Å². The van der Waals surface area contributed by atoms with Crippen LogP contribution >= 0.6 is 0 Å². The van der Waals surface area contributed by atoms with Crippen LogP contribution in [0.2, 0.25) is 0 Å². The van der Waals surface area contributed by atoms with Crippen molar-refractivity contribution in [1.82, 2.24) is 10.6 Å². The van der Waals surface area contributed by atoms with E-state index in [1.807, 2.05) is 12.1 Å². The summed E-state index contributed by atoms with van der Waals surface area (Å²) in [5.74, 6) is -1.36. The van der Waals surface area contributed by atoms with Crippen LogP contribution in [0.3, 0.4) is 0 Å². The molecule has 25 heavy (non-hydrogen) atoms. The lowest BCUT2D eigenvalue weighted by Crippen LogP contribution is -2.45. The van der Waals surface area contributed by atoms with E-state index in [0.29, 0.717) is 11.1 Å². The number of fused-ring (bicyclic) bond motifs is 1. The zero-order chi connectivity index (χ0) is 17.8. The predicted octanol–water partition coefficient (Wildman–Crippen LogP) is 2.67. The van der Waals surface area contributed by atoms with Gasteiger partial charge in [0.1, 0.15) is 5.58 Å². The van der Waals surface area contributed by atoms with Crippen molar-refractivity contribution in [2.45, 2.75) is 38.6 Å². The fourth-order valence-electron chi connectivity index (χ4n) is 3.02. The molecule has 0 unspecified atom stereocenters. The maximum absolute atomic E-state index is 12.1. The van der Waals surface area contributed by atoms with Gasteiger partial charge < -0.3 is 14.5 Å².